The summed E-state index contributed by atoms with van der Waals surface area (Å²) in [6, 6.07) is 16.2. The van der Waals surface area contributed by atoms with Gasteiger partial charge in [0.25, 0.3) is 15.7 Å². The zero-order valence-electron chi connectivity index (χ0n) is 21.0. The van der Waals surface area contributed by atoms with Crippen molar-refractivity contribution in [3.05, 3.63) is 98.3 Å². The van der Waals surface area contributed by atoms with Crippen LogP contribution in [0.3, 0.4) is 0 Å². The van der Waals surface area contributed by atoms with Crippen LogP contribution in [-0.2, 0) is 10.0 Å². The maximum Gasteiger partial charge on any atom is 0.295 e. The van der Waals surface area contributed by atoms with E-state index in [2.05, 4.69) is 25.3 Å². The minimum atomic E-state index is -4.08. The third kappa shape index (κ3) is 4.99. The normalized spacial score (nSPS) is 11.9. The first kappa shape index (κ1) is 26.1. The van der Waals surface area contributed by atoms with E-state index in [1.54, 1.807) is 30.5 Å². The number of fused-ring (bicyclic) bond motifs is 3. The van der Waals surface area contributed by atoms with Crippen molar-refractivity contribution in [2.24, 2.45) is 5.10 Å². The zero-order valence-corrected chi connectivity index (χ0v) is 22.6. The maximum absolute atomic E-state index is 13.0. The van der Waals surface area contributed by atoms with Gasteiger partial charge < -0.3 is 0 Å². The number of aryl methyl sites for hydroxylation is 3. The van der Waals surface area contributed by atoms with Crippen LogP contribution >= 0.6 is 11.6 Å². The van der Waals surface area contributed by atoms with Gasteiger partial charge in [0.15, 0.2) is 5.65 Å². The predicted molar refractivity (Wildman–Crippen MR) is 151 cm³/mol. The van der Waals surface area contributed by atoms with Crippen molar-refractivity contribution in [1.82, 2.24) is 14.6 Å². The number of hydrazone groups is 1. The molecule has 0 aliphatic carbocycles. The fraction of sp³-hybridized carbons (Fsp3) is 0.115. The molecule has 0 radical (unpaired) electrons. The Morgan fingerprint density at radius 1 is 1.05 bits per heavy atom. The van der Waals surface area contributed by atoms with E-state index in [-0.39, 0.29) is 10.6 Å². The first-order valence-electron chi connectivity index (χ1n) is 11.7. The Kier molecular flexibility index (Phi) is 6.66. The number of para-hydroxylation sites is 1. The Balaban J connectivity index is 1.44. The molecule has 13 heteroatoms. The summed E-state index contributed by atoms with van der Waals surface area (Å²) in [5.74, 6) is 0. The van der Waals surface area contributed by atoms with Gasteiger partial charge in [-0.2, -0.15) is 10.2 Å². The molecule has 0 amide bonds. The second-order valence-corrected chi connectivity index (χ2v) is 10.9. The van der Waals surface area contributed by atoms with Crippen LogP contribution in [0.25, 0.3) is 16.6 Å². The Morgan fingerprint density at radius 2 is 1.79 bits per heavy atom. The molecular formula is C26H22ClN7O4S. The summed E-state index contributed by atoms with van der Waals surface area (Å²) in [5, 5.41) is 21.5. The van der Waals surface area contributed by atoms with Gasteiger partial charge in [-0.25, -0.2) is 17.9 Å². The molecule has 0 aliphatic heterocycles. The van der Waals surface area contributed by atoms with Crippen LogP contribution in [0.5, 0.6) is 0 Å². The maximum atomic E-state index is 13.0. The van der Waals surface area contributed by atoms with Crippen molar-refractivity contribution in [2.75, 3.05) is 10.1 Å². The summed E-state index contributed by atoms with van der Waals surface area (Å²) in [6.45, 7) is 5.45. The van der Waals surface area contributed by atoms with Crippen molar-refractivity contribution in [3.63, 3.8) is 0 Å². The Bertz CT molecular complexity index is 1920. The summed E-state index contributed by atoms with van der Waals surface area (Å²) in [6.07, 6.45) is 1.44. The predicted octanol–water partition coefficient (Wildman–Crippen LogP) is 5.62. The number of rotatable bonds is 7. The minimum Gasteiger partial charge on any atom is -0.279 e. The number of nitro benzene ring substituents is 1. The van der Waals surface area contributed by atoms with Gasteiger partial charge in [-0.15, -0.1) is 0 Å². The van der Waals surface area contributed by atoms with Crippen LogP contribution in [0, 0.1) is 30.9 Å². The number of sulfonamides is 1. The molecule has 0 fully saturated rings. The molecule has 11 nitrogen and oxygen atoms in total. The van der Waals surface area contributed by atoms with Crippen molar-refractivity contribution in [3.8, 4) is 0 Å². The van der Waals surface area contributed by atoms with Crippen molar-refractivity contribution in [1.29, 1.82) is 0 Å². The summed E-state index contributed by atoms with van der Waals surface area (Å²) in [7, 11) is -4.08. The number of nitrogens with zero attached hydrogens (tertiary/aromatic N) is 5. The SMILES string of the molecule is Cc1ccc(NS(=O)(=O)c2ccc(N/N=C\c3c(C)nn4c3nc(Cl)c3ccccc34)c([N+](=O)[O-])c2)c(C)c1. The fourth-order valence-corrected chi connectivity index (χ4v) is 5.55. The highest BCUT2D eigenvalue weighted by molar-refractivity contribution is 7.92. The molecule has 198 valence electrons. The Morgan fingerprint density at radius 3 is 2.54 bits per heavy atom. The molecule has 0 saturated heterocycles. The molecule has 39 heavy (non-hydrogen) atoms. The number of nitro groups is 1. The molecule has 5 rings (SSSR count). The van der Waals surface area contributed by atoms with Gasteiger partial charge in [0, 0.05) is 11.5 Å². The second-order valence-electron chi connectivity index (χ2n) is 8.88. The van der Waals surface area contributed by atoms with E-state index < -0.39 is 20.6 Å². The topological polar surface area (TPSA) is 144 Å². The first-order chi connectivity index (χ1) is 18.5. The lowest BCUT2D eigenvalue weighted by Gasteiger charge is -2.12. The van der Waals surface area contributed by atoms with Gasteiger partial charge in [-0.05, 0) is 56.7 Å². The third-order valence-corrected chi connectivity index (χ3v) is 7.77. The molecule has 2 aromatic heterocycles. The molecule has 0 unspecified atom stereocenters. The zero-order chi connectivity index (χ0) is 27.9. The van der Waals surface area contributed by atoms with Gasteiger partial charge >= 0.3 is 0 Å². The monoisotopic (exact) mass is 563 g/mol. The highest BCUT2D eigenvalue weighted by Gasteiger charge is 2.22. The van der Waals surface area contributed by atoms with Crippen LogP contribution < -0.4 is 10.1 Å². The number of nitrogens with one attached hydrogen (secondary N) is 2. The summed E-state index contributed by atoms with van der Waals surface area (Å²) >= 11 is 6.38. The van der Waals surface area contributed by atoms with Crippen LogP contribution in [0.15, 0.2) is 70.7 Å². The number of anilines is 2. The highest BCUT2D eigenvalue weighted by Crippen LogP contribution is 2.30. The standard InChI is InChI=1S/C26H22ClN7O4S/c1-15-8-10-21(16(2)12-15)32-39(37,38)18-9-11-22(24(13-18)34(35)36)30-28-14-20-17(3)31-33-23-7-5-4-6-19(23)25(27)29-26(20)33/h4-14,30,32H,1-3H3/b28-14-. The second kappa shape index (κ2) is 9.97. The van der Waals surface area contributed by atoms with Crippen LogP contribution in [0.2, 0.25) is 5.15 Å². The largest absolute Gasteiger partial charge is 0.295 e. The molecule has 0 saturated carbocycles. The summed E-state index contributed by atoms with van der Waals surface area (Å²) in [5.41, 5.74) is 6.70. The molecule has 3 aromatic carbocycles. The molecule has 2 N–H and O–H groups in total. The van der Waals surface area contributed by atoms with Crippen LogP contribution in [0.4, 0.5) is 17.1 Å². The number of halogens is 1. The van der Waals surface area contributed by atoms with Gasteiger partial charge in [-0.3, -0.25) is 20.3 Å². The highest BCUT2D eigenvalue weighted by atomic mass is 35.5. The van der Waals surface area contributed by atoms with Gasteiger partial charge in [0.1, 0.15) is 10.8 Å². The first-order valence-corrected chi connectivity index (χ1v) is 13.5. The van der Waals surface area contributed by atoms with Crippen molar-refractivity contribution >= 4 is 61.5 Å². The lowest BCUT2D eigenvalue weighted by molar-refractivity contribution is -0.384. The average Bonchev–Trinajstić information content (AvgIpc) is 3.21. The Hall–Kier alpha value is -4.55. The van der Waals surface area contributed by atoms with Gasteiger partial charge in [-0.1, -0.05) is 41.4 Å². The average molecular weight is 564 g/mol. The molecular weight excluding hydrogens is 542 g/mol. The summed E-state index contributed by atoms with van der Waals surface area (Å²) in [4.78, 5) is 15.3. The number of hydrogen-bond acceptors (Lipinski definition) is 8. The smallest absolute Gasteiger partial charge is 0.279 e. The molecule has 5 aromatic rings. The minimum absolute atomic E-state index is 0.00675. The third-order valence-electron chi connectivity index (χ3n) is 6.12. The quantitative estimate of drug-likeness (QED) is 0.113. The van der Waals surface area contributed by atoms with E-state index in [1.165, 1.54) is 18.3 Å². The number of benzene rings is 3. The van der Waals surface area contributed by atoms with Crippen LogP contribution in [0.1, 0.15) is 22.4 Å². The van der Waals surface area contributed by atoms with Crippen molar-refractivity contribution < 1.29 is 13.3 Å². The molecule has 0 atom stereocenters. The van der Waals surface area contributed by atoms with Gasteiger partial charge in [0.2, 0.25) is 0 Å². The molecule has 0 aliphatic rings. The van der Waals surface area contributed by atoms with E-state index in [9.17, 15) is 18.5 Å². The lowest BCUT2D eigenvalue weighted by atomic mass is 10.1. The van der Waals surface area contributed by atoms with E-state index in [0.717, 1.165) is 28.1 Å². The molecule has 2 heterocycles. The van der Waals surface area contributed by atoms with E-state index >= 15 is 0 Å². The molecule has 0 spiro atoms. The van der Waals surface area contributed by atoms with E-state index in [1.807, 2.05) is 37.3 Å². The fourth-order valence-electron chi connectivity index (χ4n) is 4.16. The van der Waals surface area contributed by atoms with Crippen molar-refractivity contribution in [2.45, 2.75) is 25.7 Å². The molecule has 0 bridgehead atoms. The van der Waals surface area contributed by atoms with Gasteiger partial charge in [0.05, 0.1) is 38.5 Å². The lowest BCUT2D eigenvalue weighted by Crippen LogP contribution is -2.14. The van der Waals surface area contributed by atoms with E-state index in [4.69, 9.17) is 11.6 Å². The Labute approximate surface area is 228 Å². The number of aromatic nitrogens is 3. The van der Waals surface area contributed by atoms with E-state index in [0.29, 0.717) is 27.7 Å². The number of hydrogen-bond donors (Lipinski definition) is 2. The summed E-state index contributed by atoms with van der Waals surface area (Å²) < 4.78 is 30.1. The van der Waals surface area contributed by atoms with Crippen LogP contribution in [-0.4, -0.2) is 34.2 Å².